The van der Waals surface area contributed by atoms with Gasteiger partial charge in [-0.2, -0.15) is 0 Å². The summed E-state index contributed by atoms with van der Waals surface area (Å²) in [5.74, 6) is 0.902. The maximum Gasteiger partial charge on any atom is 0.126 e. The smallest absolute Gasteiger partial charge is 0.126 e. The second-order valence-electron chi connectivity index (χ2n) is 4.82. The van der Waals surface area contributed by atoms with Crippen LogP contribution in [-0.4, -0.2) is 36.1 Å². The molecule has 3 N–H and O–H groups in total. The summed E-state index contributed by atoms with van der Waals surface area (Å²) in [7, 11) is 2.22. The summed E-state index contributed by atoms with van der Waals surface area (Å²) < 4.78 is 0. The predicted molar refractivity (Wildman–Crippen MR) is 72.0 cm³/mol. The SMILES string of the molecule is CN(CCNc1ccc(N)cn1)C1CCCC1. The van der Waals surface area contributed by atoms with Gasteiger partial charge in [0.25, 0.3) is 0 Å². The van der Waals surface area contributed by atoms with E-state index in [0.29, 0.717) is 5.69 Å². The number of nitrogens with zero attached hydrogens (tertiary/aromatic N) is 2. The minimum atomic E-state index is 0.707. The van der Waals surface area contributed by atoms with E-state index in [9.17, 15) is 0 Å². The van der Waals surface area contributed by atoms with Crippen molar-refractivity contribution in [1.82, 2.24) is 9.88 Å². The lowest BCUT2D eigenvalue weighted by atomic mass is 10.2. The first-order valence-corrected chi connectivity index (χ1v) is 6.41. The molecule has 1 aliphatic carbocycles. The minimum absolute atomic E-state index is 0.707. The summed E-state index contributed by atoms with van der Waals surface area (Å²) in [6.07, 6.45) is 7.18. The normalized spacial score (nSPS) is 16.6. The Morgan fingerprint density at radius 1 is 1.41 bits per heavy atom. The molecule has 0 spiro atoms. The lowest BCUT2D eigenvalue weighted by Crippen LogP contribution is -2.33. The van der Waals surface area contributed by atoms with E-state index in [4.69, 9.17) is 5.73 Å². The Morgan fingerprint density at radius 3 is 2.82 bits per heavy atom. The van der Waals surface area contributed by atoms with Gasteiger partial charge in [0.15, 0.2) is 0 Å². The molecule has 17 heavy (non-hydrogen) atoms. The average molecular weight is 234 g/mol. The minimum Gasteiger partial charge on any atom is -0.397 e. The summed E-state index contributed by atoms with van der Waals surface area (Å²) in [6.45, 7) is 2.00. The Balaban J connectivity index is 1.70. The number of nitrogens with one attached hydrogen (secondary N) is 1. The molecule has 0 amide bonds. The second-order valence-corrected chi connectivity index (χ2v) is 4.82. The summed E-state index contributed by atoms with van der Waals surface area (Å²) >= 11 is 0. The number of pyridine rings is 1. The van der Waals surface area contributed by atoms with Crippen LogP contribution < -0.4 is 11.1 Å². The Morgan fingerprint density at radius 2 is 2.18 bits per heavy atom. The van der Waals surface area contributed by atoms with Gasteiger partial charge in [-0.25, -0.2) is 4.98 Å². The monoisotopic (exact) mass is 234 g/mol. The quantitative estimate of drug-likeness (QED) is 0.817. The third-order valence-electron chi connectivity index (χ3n) is 3.51. The molecule has 1 aromatic rings. The Kier molecular flexibility index (Phi) is 4.20. The highest BCUT2D eigenvalue weighted by Gasteiger charge is 2.18. The molecule has 2 rings (SSSR count). The number of hydrogen-bond acceptors (Lipinski definition) is 4. The van der Waals surface area contributed by atoms with Crippen molar-refractivity contribution < 1.29 is 0 Å². The zero-order valence-electron chi connectivity index (χ0n) is 10.5. The maximum absolute atomic E-state index is 5.59. The standard InChI is InChI=1S/C13H22N4/c1-17(12-4-2-3-5-12)9-8-15-13-7-6-11(14)10-16-13/h6-7,10,12H,2-5,8-9,14H2,1H3,(H,15,16). The molecule has 4 nitrogen and oxygen atoms in total. The van der Waals surface area contributed by atoms with Crippen LogP contribution in [0.5, 0.6) is 0 Å². The van der Waals surface area contributed by atoms with E-state index in [-0.39, 0.29) is 0 Å². The first-order valence-electron chi connectivity index (χ1n) is 6.41. The average Bonchev–Trinajstić information content (AvgIpc) is 2.85. The fourth-order valence-corrected chi connectivity index (χ4v) is 2.40. The van der Waals surface area contributed by atoms with Crippen molar-refractivity contribution in [2.75, 3.05) is 31.2 Å². The van der Waals surface area contributed by atoms with E-state index < -0.39 is 0 Å². The van der Waals surface area contributed by atoms with Gasteiger partial charge in [0.2, 0.25) is 0 Å². The fraction of sp³-hybridized carbons (Fsp3) is 0.615. The number of hydrogen-bond donors (Lipinski definition) is 2. The lowest BCUT2D eigenvalue weighted by Gasteiger charge is -2.24. The first-order chi connectivity index (χ1) is 8.25. The van der Waals surface area contributed by atoms with Gasteiger partial charge in [-0.15, -0.1) is 0 Å². The van der Waals surface area contributed by atoms with Crippen molar-refractivity contribution in [3.8, 4) is 0 Å². The number of nitrogens with two attached hydrogens (primary N) is 1. The van der Waals surface area contributed by atoms with Crippen LogP contribution in [0.3, 0.4) is 0 Å². The van der Waals surface area contributed by atoms with Crippen molar-refractivity contribution in [1.29, 1.82) is 0 Å². The van der Waals surface area contributed by atoms with Gasteiger partial charge >= 0.3 is 0 Å². The molecule has 0 aliphatic heterocycles. The van der Waals surface area contributed by atoms with Crippen LogP contribution in [0, 0.1) is 0 Å². The molecule has 0 bridgehead atoms. The van der Waals surface area contributed by atoms with Crippen LogP contribution in [-0.2, 0) is 0 Å². The molecule has 1 saturated carbocycles. The van der Waals surface area contributed by atoms with Gasteiger partial charge in [-0.05, 0) is 32.0 Å². The Bertz CT molecular complexity index is 330. The molecule has 0 saturated heterocycles. The molecule has 1 aliphatic rings. The second kappa shape index (κ2) is 5.87. The number of likely N-dealkylation sites (N-methyl/N-ethyl adjacent to an activating group) is 1. The molecule has 0 unspecified atom stereocenters. The van der Waals surface area contributed by atoms with Gasteiger partial charge < -0.3 is 16.0 Å². The van der Waals surface area contributed by atoms with Gasteiger partial charge in [-0.3, -0.25) is 0 Å². The molecule has 1 heterocycles. The van der Waals surface area contributed by atoms with Gasteiger partial charge in [0, 0.05) is 19.1 Å². The fourth-order valence-electron chi connectivity index (χ4n) is 2.40. The topological polar surface area (TPSA) is 54.2 Å². The van der Waals surface area contributed by atoms with Crippen molar-refractivity contribution in [2.45, 2.75) is 31.7 Å². The number of nitrogen functional groups attached to an aromatic ring is 1. The summed E-state index contributed by atoms with van der Waals surface area (Å²) in [4.78, 5) is 6.67. The van der Waals surface area contributed by atoms with Gasteiger partial charge in [-0.1, -0.05) is 12.8 Å². The summed E-state index contributed by atoms with van der Waals surface area (Å²) in [5, 5.41) is 3.32. The molecule has 1 aromatic heterocycles. The van der Waals surface area contributed by atoms with Crippen molar-refractivity contribution in [2.24, 2.45) is 0 Å². The molecular formula is C13H22N4. The zero-order valence-corrected chi connectivity index (χ0v) is 10.5. The molecule has 0 atom stereocenters. The van der Waals surface area contributed by atoms with Crippen LogP contribution in [0.1, 0.15) is 25.7 Å². The number of rotatable bonds is 5. The van der Waals surface area contributed by atoms with Crippen LogP contribution in [0.4, 0.5) is 11.5 Å². The van der Waals surface area contributed by atoms with E-state index in [2.05, 4.69) is 22.2 Å². The lowest BCUT2D eigenvalue weighted by molar-refractivity contribution is 0.254. The van der Waals surface area contributed by atoms with Crippen molar-refractivity contribution in [3.63, 3.8) is 0 Å². The first kappa shape index (κ1) is 12.2. The highest BCUT2D eigenvalue weighted by Crippen LogP contribution is 2.21. The van der Waals surface area contributed by atoms with E-state index >= 15 is 0 Å². The predicted octanol–water partition coefficient (Wildman–Crippen LogP) is 1.95. The molecule has 0 aromatic carbocycles. The van der Waals surface area contributed by atoms with Crippen molar-refractivity contribution >= 4 is 11.5 Å². The Labute approximate surface area is 103 Å². The third-order valence-corrected chi connectivity index (χ3v) is 3.51. The van der Waals surface area contributed by atoms with E-state index in [1.165, 1.54) is 25.7 Å². The molecule has 1 fully saturated rings. The zero-order chi connectivity index (χ0) is 12.1. The maximum atomic E-state index is 5.59. The van der Waals surface area contributed by atoms with Crippen LogP contribution in [0.25, 0.3) is 0 Å². The molecule has 0 radical (unpaired) electrons. The van der Waals surface area contributed by atoms with E-state index in [1.54, 1.807) is 6.20 Å². The third kappa shape index (κ3) is 3.60. The molecule has 94 valence electrons. The van der Waals surface area contributed by atoms with Crippen LogP contribution >= 0.6 is 0 Å². The largest absolute Gasteiger partial charge is 0.397 e. The Hall–Kier alpha value is -1.29. The number of anilines is 2. The van der Waals surface area contributed by atoms with E-state index in [1.807, 2.05) is 12.1 Å². The van der Waals surface area contributed by atoms with Crippen LogP contribution in [0.2, 0.25) is 0 Å². The van der Waals surface area contributed by atoms with Gasteiger partial charge in [0.05, 0.1) is 11.9 Å². The highest BCUT2D eigenvalue weighted by molar-refractivity contribution is 5.43. The van der Waals surface area contributed by atoms with Crippen LogP contribution in [0.15, 0.2) is 18.3 Å². The summed E-state index contributed by atoms with van der Waals surface area (Å²) in [5.41, 5.74) is 6.29. The molecular weight excluding hydrogens is 212 g/mol. The van der Waals surface area contributed by atoms with Gasteiger partial charge in [0.1, 0.15) is 5.82 Å². The number of aromatic nitrogens is 1. The molecule has 4 heteroatoms. The van der Waals surface area contributed by atoms with E-state index in [0.717, 1.165) is 24.9 Å². The summed E-state index contributed by atoms with van der Waals surface area (Å²) in [6, 6.07) is 4.58. The highest BCUT2D eigenvalue weighted by atomic mass is 15.1. The van der Waals surface area contributed by atoms with Crippen molar-refractivity contribution in [3.05, 3.63) is 18.3 Å².